The van der Waals surface area contributed by atoms with Gasteiger partial charge < -0.3 is 15.2 Å². The zero-order valence-corrected chi connectivity index (χ0v) is 17.0. The minimum Gasteiger partial charge on any atom is -0.357 e. The third-order valence-corrected chi connectivity index (χ3v) is 4.39. The normalized spacial score (nSPS) is 16.6. The quantitative estimate of drug-likeness (QED) is 0.376. The summed E-state index contributed by atoms with van der Waals surface area (Å²) in [7, 11) is 0. The molecule has 0 atom stereocenters. The lowest BCUT2D eigenvalue weighted by molar-refractivity contribution is 0.111. The minimum absolute atomic E-state index is 0. The van der Waals surface area contributed by atoms with E-state index < -0.39 is 0 Å². The van der Waals surface area contributed by atoms with Crippen molar-refractivity contribution in [3.63, 3.8) is 0 Å². The SMILES string of the molecule is CCNC(=NCC1(CC(C)C)CCC1)NCCn1ccnc1.I. The Kier molecular flexibility index (Phi) is 8.94. The predicted molar refractivity (Wildman–Crippen MR) is 107 cm³/mol. The zero-order chi connectivity index (χ0) is 15.8. The van der Waals surface area contributed by atoms with Crippen molar-refractivity contribution in [3.8, 4) is 0 Å². The summed E-state index contributed by atoms with van der Waals surface area (Å²) in [6.07, 6.45) is 11.0. The smallest absolute Gasteiger partial charge is 0.191 e. The average Bonchev–Trinajstić information content (AvgIpc) is 2.94. The zero-order valence-electron chi connectivity index (χ0n) is 14.7. The maximum atomic E-state index is 4.85. The lowest BCUT2D eigenvalue weighted by Gasteiger charge is -2.42. The van der Waals surface area contributed by atoms with E-state index in [1.54, 1.807) is 0 Å². The number of hydrogen-bond acceptors (Lipinski definition) is 2. The molecule has 0 aliphatic heterocycles. The molecule has 2 rings (SSSR count). The molecule has 23 heavy (non-hydrogen) atoms. The molecule has 2 N–H and O–H groups in total. The lowest BCUT2D eigenvalue weighted by atomic mass is 9.64. The van der Waals surface area contributed by atoms with Gasteiger partial charge in [-0.25, -0.2) is 4.98 Å². The number of rotatable bonds is 8. The first-order valence-electron chi connectivity index (χ1n) is 8.61. The minimum atomic E-state index is 0. The first kappa shape index (κ1) is 20.3. The van der Waals surface area contributed by atoms with Gasteiger partial charge in [-0.2, -0.15) is 0 Å². The number of nitrogens with zero attached hydrogens (tertiary/aromatic N) is 3. The van der Waals surface area contributed by atoms with E-state index in [0.29, 0.717) is 5.41 Å². The standard InChI is InChI=1S/C17H31N5.HI/c1-4-19-16(20-9-11-22-10-8-18-14-22)21-13-17(6-5-7-17)12-15(2)3;/h8,10,14-15H,4-7,9,11-13H2,1-3H3,(H2,19,20,21);1H. The highest BCUT2D eigenvalue weighted by Gasteiger charge is 2.37. The van der Waals surface area contributed by atoms with Gasteiger partial charge in [-0.05, 0) is 37.5 Å². The number of nitrogens with one attached hydrogen (secondary N) is 2. The molecule has 6 heteroatoms. The molecule has 132 valence electrons. The summed E-state index contributed by atoms with van der Waals surface area (Å²) in [5, 5.41) is 6.77. The van der Waals surface area contributed by atoms with E-state index in [2.05, 4.69) is 41.0 Å². The van der Waals surface area contributed by atoms with Gasteiger partial charge in [-0.3, -0.25) is 4.99 Å². The summed E-state index contributed by atoms with van der Waals surface area (Å²) >= 11 is 0. The van der Waals surface area contributed by atoms with Crippen molar-refractivity contribution in [2.75, 3.05) is 19.6 Å². The summed E-state index contributed by atoms with van der Waals surface area (Å²) in [5.41, 5.74) is 0.459. The second-order valence-electron chi connectivity index (χ2n) is 6.87. The van der Waals surface area contributed by atoms with Crippen LogP contribution in [0, 0.1) is 11.3 Å². The van der Waals surface area contributed by atoms with E-state index in [-0.39, 0.29) is 24.0 Å². The number of imidazole rings is 1. The van der Waals surface area contributed by atoms with Crippen LogP contribution >= 0.6 is 24.0 Å². The molecular weight excluding hydrogens is 401 g/mol. The molecule has 0 unspecified atom stereocenters. The Morgan fingerprint density at radius 1 is 1.35 bits per heavy atom. The summed E-state index contributed by atoms with van der Waals surface area (Å²) in [4.78, 5) is 8.91. The molecule has 1 heterocycles. The van der Waals surface area contributed by atoms with Crippen LogP contribution in [0.2, 0.25) is 0 Å². The van der Waals surface area contributed by atoms with E-state index in [1.807, 2.05) is 18.7 Å². The second-order valence-corrected chi connectivity index (χ2v) is 6.87. The third kappa shape index (κ3) is 6.69. The number of hydrogen-bond donors (Lipinski definition) is 2. The Balaban J connectivity index is 0.00000264. The fourth-order valence-electron chi connectivity index (χ4n) is 3.28. The Morgan fingerprint density at radius 3 is 2.65 bits per heavy atom. The maximum absolute atomic E-state index is 4.85. The van der Waals surface area contributed by atoms with Gasteiger partial charge in [0.05, 0.1) is 6.33 Å². The first-order valence-corrected chi connectivity index (χ1v) is 8.61. The van der Waals surface area contributed by atoms with Crippen molar-refractivity contribution in [1.29, 1.82) is 0 Å². The highest BCUT2D eigenvalue weighted by atomic mass is 127. The van der Waals surface area contributed by atoms with Crippen LogP contribution in [0.5, 0.6) is 0 Å². The van der Waals surface area contributed by atoms with Gasteiger partial charge in [0.15, 0.2) is 5.96 Å². The Morgan fingerprint density at radius 2 is 2.13 bits per heavy atom. The Hall–Kier alpha value is -0.790. The van der Waals surface area contributed by atoms with Crippen LogP contribution in [0.1, 0.15) is 46.5 Å². The Labute approximate surface area is 157 Å². The van der Waals surface area contributed by atoms with Gasteiger partial charge >= 0.3 is 0 Å². The molecule has 0 aromatic carbocycles. The van der Waals surface area contributed by atoms with Gasteiger partial charge in [0.1, 0.15) is 0 Å². The highest BCUT2D eigenvalue weighted by molar-refractivity contribution is 14.0. The average molecular weight is 433 g/mol. The Bertz CT molecular complexity index is 452. The number of guanidine groups is 1. The monoisotopic (exact) mass is 433 g/mol. The molecule has 1 aliphatic carbocycles. The molecule has 0 bridgehead atoms. The molecule has 0 saturated heterocycles. The van der Waals surface area contributed by atoms with Crippen molar-refractivity contribution < 1.29 is 0 Å². The molecule has 1 fully saturated rings. The van der Waals surface area contributed by atoms with Gasteiger partial charge in [0, 0.05) is 38.6 Å². The lowest BCUT2D eigenvalue weighted by Crippen LogP contribution is -2.41. The van der Waals surface area contributed by atoms with Crippen molar-refractivity contribution >= 4 is 29.9 Å². The molecule has 1 aliphatic rings. The van der Waals surface area contributed by atoms with Crippen LogP contribution in [-0.4, -0.2) is 35.1 Å². The maximum Gasteiger partial charge on any atom is 0.191 e. The fraction of sp³-hybridized carbons (Fsp3) is 0.765. The first-order chi connectivity index (χ1) is 10.6. The highest BCUT2D eigenvalue weighted by Crippen LogP contribution is 2.46. The van der Waals surface area contributed by atoms with Gasteiger partial charge in [-0.1, -0.05) is 20.3 Å². The van der Waals surface area contributed by atoms with E-state index >= 15 is 0 Å². The van der Waals surface area contributed by atoms with Crippen molar-refractivity contribution in [2.24, 2.45) is 16.3 Å². The van der Waals surface area contributed by atoms with Crippen LogP contribution in [0.15, 0.2) is 23.7 Å². The summed E-state index contributed by atoms with van der Waals surface area (Å²) in [6, 6.07) is 0. The van der Waals surface area contributed by atoms with Gasteiger partial charge in [0.2, 0.25) is 0 Å². The predicted octanol–water partition coefficient (Wildman–Crippen LogP) is 3.27. The molecule has 1 saturated carbocycles. The molecule has 1 aromatic rings. The number of aliphatic imine (C=N–C) groups is 1. The molecule has 1 aromatic heterocycles. The van der Waals surface area contributed by atoms with E-state index in [9.17, 15) is 0 Å². The molecule has 5 nitrogen and oxygen atoms in total. The van der Waals surface area contributed by atoms with E-state index in [1.165, 1.54) is 25.7 Å². The van der Waals surface area contributed by atoms with Crippen LogP contribution in [0.25, 0.3) is 0 Å². The van der Waals surface area contributed by atoms with Crippen LogP contribution < -0.4 is 10.6 Å². The van der Waals surface area contributed by atoms with Crippen molar-refractivity contribution in [2.45, 2.75) is 53.0 Å². The number of halogens is 1. The molecule has 0 amide bonds. The number of aromatic nitrogens is 2. The van der Waals surface area contributed by atoms with Gasteiger partial charge in [-0.15, -0.1) is 24.0 Å². The molecular formula is C17H32IN5. The third-order valence-electron chi connectivity index (χ3n) is 4.39. The fourth-order valence-corrected chi connectivity index (χ4v) is 3.28. The van der Waals surface area contributed by atoms with E-state index in [4.69, 9.17) is 4.99 Å². The van der Waals surface area contributed by atoms with Crippen LogP contribution in [0.4, 0.5) is 0 Å². The van der Waals surface area contributed by atoms with Crippen LogP contribution in [0.3, 0.4) is 0 Å². The summed E-state index contributed by atoms with van der Waals surface area (Å²) in [5.74, 6) is 1.70. The summed E-state index contributed by atoms with van der Waals surface area (Å²) in [6.45, 7) is 10.4. The van der Waals surface area contributed by atoms with Crippen molar-refractivity contribution in [1.82, 2.24) is 20.2 Å². The van der Waals surface area contributed by atoms with Crippen LogP contribution in [-0.2, 0) is 6.54 Å². The van der Waals surface area contributed by atoms with Crippen molar-refractivity contribution in [3.05, 3.63) is 18.7 Å². The second kappa shape index (κ2) is 10.2. The summed E-state index contributed by atoms with van der Waals surface area (Å²) < 4.78 is 2.07. The molecule has 0 radical (unpaired) electrons. The topological polar surface area (TPSA) is 54.2 Å². The largest absolute Gasteiger partial charge is 0.357 e. The van der Waals surface area contributed by atoms with E-state index in [0.717, 1.165) is 38.1 Å². The molecule has 0 spiro atoms. The van der Waals surface area contributed by atoms with Gasteiger partial charge in [0.25, 0.3) is 0 Å².